The van der Waals surface area contributed by atoms with E-state index in [2.05, 4.69) is 26.2 Å². The fourth-order valence-corrected chi connectivity index (χ4v) is 2.89. The average Bonchev–Trinajstić information content (AvgIpc) is 3.02. The van der Waals surface area contributed by atoms with Crippen LogP contribution >= 0.6 is 15.9 Å². The molecular weight excluding hydrogens is 362 g/mol. The molecule has 1 N–H and O–H groups in total. The third-order valence-corrected chi connectivity index (χ3v) is 4.27. The molecule has 1 aliphatic rings. The second-order valence-electron chi connectivity index (χ2n) is 5.38. The van der Waals surface area contributed by atoms with Gasteiger partial charge in [-0.2, -0.15) is 0 Å². The molecule has 0 unspecified atom stereocenters. The summed E-state index contributed by atoms with van der Waals surface area (Å²) >= 11 is 3.19. The number of carbonyl (C=O) groups is 2. The van der Waals surface area contributed by atoms with E-state index in [9.17, 15) is 9.59 Å². The number of furan rings is 1. The number of pyridine rings is 1. The lowest BCUT2D eigenvalue weighted by molar-refractivity contribution is 0.0666. The van der Waals surface area contributed by atoms with Crippen LogP contribution in [0, 0.1) is 0 Å². The van der Waals surface area contributed by atoms with Gasteiger partial charge in [0.1, 0.15) is 0 Å². The van der Waals surface area contributed by atoms with E-state index in [1.807, 2.05) is 0 Å². The minimum absolute atomic E-state index is 0.0723. The molecular formula is C16H16BrN3O3. The number of nitrogens with one attached hydrogen (secondary N) is 1. The molecule has 0 spiro atoms. The topological polar surface area (TPSA) is 75.4 Å². The number of hydrogen-bond acceptors (Lipinski definition) is 4. The molecule has 0 saturated carbocycles. The Morgan fingerprint density at radius 1 is 1.17 bits per heavy atom. The molecule has 0 atom stereocenters. The molecule has 2 aromatic rings. The molecule has 2 amide bonds. The Balaban J connectivity index is 1.52. The quantitative estimate of drug-likeness (QED) is 0.891. The summed E-state index contributed by atoms with van der Waals surface area (Å²) in [5, 5.41) is 3.00. The lowest BCUT2D eigenvalue weighted by Crippen LogP contribution is -2.46. The SMILES string of the molecule is O=C(NC1CCN(C(=O)c2ccc(Br)o2)CC1)c1ccncc1. The molecule has 7 heteroatoms. The molecule has 2 aromatic heterocycles. The number of rotatable bonds is 3. The predicted molar refractivity (Wildman–Crippen MR) is 87.0 cm³/mol. The number of likely N-dealkylation sites (tertiary alicyclic amines) is 1. The molecule has 3 heterocycles. The molecule has 0 radical (unpaired) electrons. The van der Waals surface area contributed by atoms with Crippen molar-refractivity contribution in [3.05, 3.63) is 52.7 Å². The smallest absolute Gasteiger partial charge is 0.289 e. The summed E-state index contributed by atoms with van der Waals surface area (Å²) in [4.78, 5) is 30.0. The van der Waals surface area contributed by atoms with E-state index < -0.39 is 0 Å². The second kappa shape index (κ2) is 6.95. The van der Waals surface area contributed by atoms with Gasteiger partial charge in [-0.15, -0.1) is 0 Å². The van der Waals surface area contributed by atoms with Crippen LogP contribution in [0.5, 0.6) is 0 Å². The van der Waals surface area contributed by atoms with Crippen LogP contribution in [0.15, 0.2) is 45.7 Å². The zero-order valence-electron chi connectivity index (χ0n) is 12.4. The van der Waals surface area contributed by atoms with E-state index >= 15 is 0 Å². The van der Waals surface area contributed by atoms with Gasteiger partial charge in [0.25, 0.3) is 11.8 Å². The number of aromatic nitrogens is 1. The molecule has 3 rings (SSSR count). The molecule has 1 aliphatic heterocycles. The molecule has 0 aliphatic carbocycles. The van der Waals surface area contributed by atoms with Gasteiger partial charge in [0.05, 0.1) is 0 Å². The number of hydrogen-bond donors (Lipinski definition) is 1. The van der Waals surface area contributed by atoms with Crippen molar-refractivity contribution in [2.45, 2.75) is 18.9 Å². The number of carbonyl (C=O) groups excluding carboxylic acids is 2. The van der Waals surface area contributed by atoms with E-state index in [0.29, 0.717) is 29.1 Å². The fourth-order valence-electron chi connectivity index (χ4n) is 2.58. The number of piperidine rings is 1. The van der Waals surface area contributed by atoms with Crippen molar-refractivity contribution in [2.75, 3.05) is 13.1 Å². The minimum Gasteiger partial charge on any atom is -0.444 e. The first kappa shape index (κ1) is 15.7. The lowest BCUT2D eigenvalue weighted by atomic mass is 10.0. The zero-order valence-corrected chi connectivity index (χ0v) is 14.0. The van der Waals surface area contributed by atoms with Gasteiger partial charge >= 0.3 is 0 Å². The Labute approximate surface area is 142 Å². The summed E-state index contributed by atoms with van der Waals surface area (Å²) in [6.07, 6.45) is 4.64. The van der Waals surface area contributed by atoms with Gasteiger partial charge in [-0.1, -0.05) is 0 Å². The van der Waals surface area contributed by atoms with Crippen molar-refractivity contribution >= 4 is 27.7 Å². The Kier molecular flexibility index (Phi) is 4.76. The number of halogens is 1. The first-order valence-corrected chi connectivity index (χ1v) is 8.18. The van der Waals surface area contributed by atoms with Gasteiger partial charge in [-0.3, -0.25) is 14.6 Å². The Hall–Kier alpha value is -2.15. The van der Waals surface area contributed by atoms with E-state index in [-0.39, 0.29) is 17.9 Å². The van der Waals surface area contributed by atoms with Crippen LogP contribution < -0.4 is 5.32 Å². The Morgan fingerprint density at radius 3 is 2.48 bits per heavy atom. The van der Waals surface area contributed by atoms with Gasteiger partial charge in [0, 0.05) is 37.1 Å². The monoisotopic (exact) mass is 377 g/mol. The zero-order chi connectivity index (χ0) is 16.2. The van der Waals surface area contributed by atoms with Gasteiger partial charge in [-0.05, 0) is 53.0 Å². The summed E-state index contributed by atoms with van der Waals surface area (Å²) < 4.78 is 5.84. The summed E-state index contributed by atoms with van der Waals surface area (Å²) in [5.74, 6) is 0.109. The first-order valence-electron chi connectivity index (χ1n) is 7.39. The minimum atomic E-state index is -0.116. The van der Waals surface area contributed by atoms with Crippen molar-refractivity contribution in [3.8, 4) is 0 Å². The van der Waals surface area contributed by atoms with Crippen molar-refractivity contribution < 1.29 is 14.0 Å². The third kappa shape index (κ3) is 3.79. The highest BCUT2D eigenvalue weighted by Crippen LogP contribution is 2.18. The second-order valence-corrected chi connectivity index (χ2v) is 6.16. The highest BCUT2D eigenvalue weighted by atomic mass is 79.9. The van der Waals surface area contributed by atoms with Gasteiger partial charge in [0.2, 0.25) is 0 Å². The number of amides is 2. The molecule has 120 valence electrons. The molecule has 1 fully saturated rings. The van der Waals surface area contributed by atoms with E-state index in [1.165, 1.54) is 0 Å². The highest BCUT2D eigenvalue weighted by Gasteiger charge is 2.26. The number of nitrogens with zero attached hydrogens (tertiary/aromatic N) is 2. The van der Waals surface area contributed by atoms with Crippen molar-refractivity contribution in [2.24, 2.45) is 0 Å². The Morgan fingerprint density at radius 2 is 1.87 bits per heavy atom. The summed E-state index contributed by atoms with van der Waals surface area (Å²) in [5.41, 5.74) is 0.596. The molecule has 23 heavy (non-hydrogen) atoms. The van der Waals surface area contributed by atoms with E-state index in [0.717, 1.165) is 12.8 Å². The summed E-state index contributed by atoms with van der Waals surface area (Å²) in [6, 6.07) is 6.80. The van der Waals surface area contributed by atoms with Crippen molar-refractivity contribution in [3.63, 3.8) is 0 Å². The van der Waals surface area contributed by atoms with Gasteiger partial charge in [-0.25, -0.2) is 0 Å². The van der Waals surface area contributed by atoms with Gasteiger partial charge in [0.15, 0.2) is 10.4 Å². The third-order valence-electron chi connectivity index (χ3n) is 3.84. The highest BCUT2D eigenvalue weighted by molar-refractivity contribution is 9.10. The molecule has 0 bridgehead atoms. The van der Waals surface area contributed by atoms with E-state index in [4.69, 9.17) is 4.42 Å². The van der Waals surface area contributed by atoms with Crippen LogP contribution in [0.4, 0.5) is 0 Å². The lowest BCUT2D eigenvalue weighted by Gasteiger charge is -2.31. The maximum absolute atomic E-state index is 12.3. The Bertz CT molecular complexity index is 694. The first-order chi connectivity index (χ1) is 11.1. The molecule has 0 aromatic carbocycles. The van der Waals surface area contributed by atoms with E-state index in [1.54, 1.807) is 41.6 Å². The fraction of sp³-hybridized carbons (Fsp3) is 0.312. The van der Waals surface area contributed by atoms with Crippen molar-refractivity contribution in [1.29, 1.82) is 0 Å². The largest absolute Gasteiger partial charge is 0.444 e. The maximum atomic E-state index is 12.3. The molecule has 1 saturated heterocycles. The van der Waals surface area contributed by atoms with Crippen LogP contribution in [0.1, 0.15) is 33.8 Å². The van der Waals surface area contributed by atoms with Gasteiger partial charge < -0.3 is 14.6 Å². The van der Waals surface area contributed by atoms with Crippen LogP contribution in [-0.4, -0.2) is 40.8 Å². The van der Waals surface area contributed by atoms with Crippen molar-refractivity contribution in [1.82, 2.24) is 15.2 Å². The predicted octanol–water partition coefficient (Wildman–Crippen LogP) is 2.47. The van der Waals surface area contributed by atoms with Crippen LogP contribution in [0.2, 0.25) is 0 Å². The normalized spacial score (nSPS) is 15.4. The summed E-state index contributed by atoms with van der Waals surface area (Å²) in [7, 11) is 0. The maximum Gasteiger partial charge on any atom is 0.289 e. The van der Waals surface area contributed by atoms with Crippen LogP contribution in [-0.2, 0) is 0 Å². The standard InChI is InChI=1S/C16H16BrN3O3/c17-14-2-1-13(23-14)16(22)20-9-5-12(6-10-20)19-15(21)11-3-7-18-8-4-11/h1-4,7-8,12H,5-6,9-10H2,(H,19,21). The average molecular weight is 378 g/mol. The summed E-state index contributed by atoms with van der Waals surface area (Å²) in [6.45, 7) is 1.19. The van der Waals surface area contributed by atoms with Crippen LogP contribution in [0.3, 0.4) is 0 Å². The van der Waals surface area contributed by atoms with Crippen LogP contribution in [0.25, 0.3) is 0 Å². The molecule has 6 nitrogen and oxygen atoms in total.